The number of rotatable bonds is 10. The number of allylic oxidation sites excluding steroid dienone is 3. The van der Waals surface area contributed by atoms with Crippen molar-refractivity contribution >= 4 is 28.4 Å². The van der Waals surface area contributed by atoms with Gasteiger partial charge >= 0.3 is 0 Å². The molecule has 2 heteroatoms. The number of aryl methyl sites for hydroxylation is 3. The number of para-hydroxylation sites is 2. The highest BCUT2D eigenvalue weighted by Gasteiger charge is 2.16. The van der Waals surface area contributed by atoms with Crippen LogP contribution in [0, 0.1) is 20.8 Å². The minimum Gasteiger partial charge on any atom is -0.311 e. The molecule has 53 heavy (non-hydrogen) atoms. The molecule has 0 N–H and O–H groups in total. The number of nitrogens with zero attached hydrogens (tertiary/aromatic N) is 2. The van der Waals surface area contributed by atoms with Crippen LogP contribution in [0.1, 0.15) is 16.7 Å². The summed E-state index contributed by atoms with van der Waals surface area (Å²) in [4.78, 5) is 4.46. The van der Waals surface area contributed by atoms with E-state index in [-0.39, 0.29) is 0 Å². The molecule has 0 aliphatic rings. The molecule has 0 fully saturated rings. The van der Waals surface area contributed by atoms with Crippen LogP contribution in [0.3, 0.4) is 0 Å². The molecule has 0 spiro atoms. The molecule has 0 aliphatic carbocycles. The molecule has 260 valence electrons. The summed E-state index contributed by atoms with van der Waals surface area (Å²) in [5.41, 5.74) is 15.4. The summed E-state index contributed by atoms with van der Waals surface area (Å²) in [5, 5.41) is 0. The van der Waals surface area contributed by atoms with Crippen LogP contribution < -0.4 is 9.80 Å². The lowest BCUT2D eigenvalue weighted by Crippen LogP contribution is -2.15. The molecule has 2 nitrogen and oxygen atoms in total. The zero-order valence-electron chi connectivity index (χ0n) is 30.9. The van der Waals surface area contributed by atoms with E-state index in [4.69, 9.17) is 0 Å². The molecule has 0 saturated carbocycles. The topological polar surface area (TPSA) is 6.48 Å². The van der Waals surface area contributed by atoms with E-state index < -0.39 is 0 Å². The molecule has 7 rings (SSSR count). The highest BCUT2D eigenvalue weighted by molar-refractivity contribution is 5.80. The monoisotopic (exact) mass is 686 g/mol. The Morgan fingerprint density at radius 1 is 0.415 bits per heavy atom. The summed E-state index contributed by atoms with van der Waals surface area (Å²) in [5.74, 6) is 0. The van der Waals surface area contributed by atoms with Crippen molar-refractivity contribution in [3.05, 3.63) is 236 Å². The molecule has 0 unspecified atom stereocenters. The summed E-state index contributed by atoms with van der Waals surface area (Å²) < 4.78 is 0. The van der Waals surface area contributed by atoms with Crippen molar-refractivity contribution in [2.45, 2.75) is 20.8 Å². The summed E-state index contributed by atoms with van der Waals surface area (Å²) in [7, 11) is 0. The van der Waals surface area contributed by atoms with Crippen LogP contribution in [0.25, 0.3) is 22.3 Å². The summed E-state index contributed by atoms with van der Waals surface area (Å²) in [6, 6.07) is 63.9. The quantitative estimate of drug-likeness (QED) is 0.132. The molecule has 0 atom stereocenters. The Morgan fingerprint density at radius 2 is 0.792 bits per heavy atom. The van der Waals surface area contributed by atoms with Gasteiger partial charge in [0.1, 0.15) is 0 Å². The Kier molecular flexibility index (Phi) is 12.0. The van der Waals surface area contributed by atoms with Crippen molar-refractivity contribution in [2.24, 2.45) is 0 Å². The Labute approximate surface area is 316 Å². The lowest BCUT2D eigenvalue weighted by Gasteiger charge is -2.28. The molecule has 0 aromatic heterocycles. The third-order valence-corrected chi connectivity index (χ3v) is 9.24. The van der Waals surface area contributed by atoms with Crippen molar-refractivity contribution in [2.75, 3.05) is 9.80 Å². The lowest BCUT2D eigenvalue weighted by molar-refractivity contribution is 1.20. The van der Waals surface area contributed by atoms with Crippen molar-refractivity contribution in [1.29, 1.82) is 0 Å². The second-order valence-corrected chi connectivity index (χ2v) is 12.9. The van der Waals surface area contributed by atoms with Crippen molar-refractivity contribution in [1.82, 2.24) is 0 Å². The largest absolute Gasteiger partial charge is 0.311 e. The van der Waals surface area contributed by atoms with Gasteiger partial charge in [-0.3, -0.25) is 0 Å². The highest BCUT2D eigenvalue weighted by Crippen LogP contribution is 2.38. The minimum absolute atomic E-state index is 0.954. The average molecular weight is 687 g/mol. The molecule has 0 amide bonds. The van der Waals surface area contributed by atoms with E-state index >= 15 is 0 Å². The van der Waals surface area contributed by atoms with Crippen molar-refractivity contribution in [3.8, 4) is 22.3 Å². The van der Waals surface area contributed by atoms with Gasteiger partial charge in [-0.05, 0) is 127 Å². The van der Waals surface area contributed by atoms with Crippen LogP contribution in [-0.2, 0) is 0 Å². The van der Waals surface area contributed by atoms with Crippen LogP contribution in [-0.4, -0.2) is 0 Å². The van der Waals surface area contributed by atoms with Gasteiger partial charge in [0.05, 0.1) is 0 Å². The van der Waals surface area contributed by atoms with Crippen LogP contribution in [0.2, 0.25) is 0 Å². The van der Waals surface area contributed by atoms with Gasteiger partial charge in [0.15, 0.2) is 0 Å². The maximum Gasteiger partial charge on any atom is 0.0463 e. The highest BCUT2D eigenvalue weighted by atomic mass is 15.2. The molecule has 0 aliphatic heterocycles. The van der Waals surface area contributed by atoms with E-state index in [0.717, 1.165) is 34.1 Å². The third kappa shape index (κ3) is 8.81. The van der Waals surface area contributed by atoms with E-state index in [1.165, 1.54) is 38.9 Å². The first-order valence-corrected chi connectivity index (χ1v) is 18.0. The fourth-order valence-electron chi connectivity index (χ4n) is 6.45. The van der Waals surface area contributed by atoms with Crippen LogP contribution in [0.4, 0.5) is 28.4 Å². The van der Waals surface area contributed by atoms with Crippen LogP contribution in [0.15, 0.2) is 219 Å². The number of anilines is 5. The Hall–Kier alpha value is -6.64. The zero-order chi connectivity index (χ0) is 37.0. The van der Waals surface area contributed by atoms with Gasteiger partial charge in [0.2, 0.25) is 0 Å². The molecule has 0 saturated heterocycles. The number of benzene rings is 7. The Morgan fingerprint density at radius 3 is 1.26 bits per heavy atom. The first kappa shape index (κ1) is 36.2. The summed E-state index contributed by atoms with van der Waals surface area (Å²) in [6.07, 6.45) is 5.62. The predicted molar refractivity (Wildman–Crippen MR) is 230 cm³/mol. The molecule has 0 radical (unpaired) electrons. The van der Waals surface area contributed by atoms with Crippen molar-refractivity contribution < 1.29 is 0 Å². The Balaban J connectivity index is 0.000000286. The van der Waals surface area contributed by atoms with Crippen LogP contribution in [0.5, 0.6) is 0 Å². The van der Waals surface area contributed by atoms with Gasteiger partial charge in [-0.25, -0.2) is 0 Å². The fourth-order valence-corrected chi connectivity index (χ4v) is 6.45. The zero-order valence-corrected chi connectivity index (χ0v) is 30.9. The summed E-state index contributed by atoms with van der Waals surface area (Å²) >= 11 is 0. The van der Waals surface area contributed by atoms with Gasteiger partial charge in [0.25, 0.3) is 0 Å². The first-order chi connectivity index (χ1) is 26.0. The SMILES string of the molecule is C=C/C=C(\C=C)N(c1ccccc1)c1ccc(N(c2ccccc2)c2ccc(-c3ccc(C)cc3)cc2)cc1.Cc1ccccc1-c1ccccc1C. The lowest BCUT2D eigenvalue weighted by atomic mass is 9.97. The second-order valence-electron chi connectivity index (χ2n) is 12.9. The molecule has 7 aromatic carbocycles. The van der Waals surface area contributed by atoms with Gasteiger partial charge < -0.3 is 9.80 Å². The van der Waals surface area contributed by atoms with E-state index in [1.54, 1.807) is 6.08 Å². The van der Waals surface area contributed by atoms with Gasteiger partial charge in [-0.2, -0.15) is 0 Å². The second kappa shape index (κ2) is 17.5. The molecular formula is C51H46N2. The van der Waals surface area contributed by atoms with Gasteiger partial charge in [-0.1, -0.05) is 146 Å². The number of hydrogen-bond acceptors (Lipinski definition) is 2. The van der Waals surface area contributed by atoms with Gasteiger partial charge in [-0.15, -0.1) is 0 Å². The fraction of sp³-hybridized carbons (Fsp3) is 0.0588. The van der Waals surface area contributed by atoms with Gasteiger partial charge in [0, 0.05) is 34.1 Å². The molecule has 0 heterocycles. The molecule has 7 aromatic rings. The first-order valence-electron chi connectivity index (χ1n) is 18.0. The van der Waals surface area contributed by atoms with Crippen LogP contribution >= 0.6 is 0 Å². The maximum atomic E-state index is 4.04. The van der Waals surface area contributed by atoms with E-state index in [1.807, 2.05) is 36.4 Å². The number of hydrogen-bond donors (Lipinski definition) is 0. The summed E-state index contributed by atoms with van der Waals surface area (Å²) in [6.45, 7) is 14.4. The average Bonchev–Trinajstić information content (AvgIpc) is 3.20. The van der Waals surface area contributed by atoms with E-state index in [2.05, 4.69) is 201 Å². The van der Waals surface area contributed by atoms with Crippen molar-refractivity contribution in [3.63, 3.8) is 0 Å². The smallest absolute Gasteiger partial charge is 0.0463 e. The Bertz CT molecular complexity index is 2220. The normalized spacial score (nSPS) is 10.8. The molecular weight excluding hydrogens is 641 g/mol. The maximum absolute atomic E-state index is 4.04. The minimum atomic E-state index is 0.954. The third-order valence-electron chi connectivity index (χ3n) is 9.24. The molecule has 0 bridgehead atoms. The van der Waals surface area contributed by atoms with E-state index in [0.29, 0.717) is 0 Å². The standard InChI is InChI=1S/C37H32N2.C14H14/c1-4-12-32(5-2)38(33-13-8-6-9-14-33)36-25-27-37(28-26-36)39(34-15-10-7-11-16-34)35-23-21-31(22-24-35)30-19-17-29(3)18-20-30;1-11-7-3-5-9-13(11)14-10-6-4-8-12(14)2/h4-28H,1-2H2,3H3;3-10H,1-2H3/b32-12+;. The predicted octanol–water partition coefficient (Wildman–Crippen LogP) is 14.5. The van der Waals surface area contributed by atoms with E-state index in [9.17, 15) is 0 Å².